The fourth-order valence-electron chi connectivity index (χ4n) is 2.15. The highest BCUT2D eigenvalue weighted by atomic mass is 16.3. The minimum atomic E-state index is 0.0438. The van der Waals surface area contributed by atoms with Gasteiger partial charge in [-0.05, 0) is 25.1 Å². The zero-order chi connectivity index (χ0) is 13.8. The van der Waals surface area contributed by atoms with Gasteiger partial charge in [-0.3, -0.25) is 0 Å². The first-order valence-corrected chi connectivity index (χ1v) is 6.40. The van der Waals surface area contributed by atoms with Crippen LogP contribution in [0.15, 0.2) is 48.5 Å². The molecule has 0 aliphatic rings. The monoisotopic (exact) mass is 256 g/mol. The highest BCUT2D eigenvalue weighted by Gasteiger charge is 2.11. The van der Waals surface area contributed by atoms with Gasteiger partial charge >= 0.3 is 0 Å². The summed E-state index contributed by atoms with van der Waals surface area (Å²) in [4.78, 5) is 2.07. The fourth-order valence-corrected chi connectivity index (χ4v) is 2.15. The predicted molar refractivity (Wildman–Crippen MR) is 80.9 cm³/mol. The number of nitrogens with zero attached hydrogens (tertiary/aromatic N) is 1. The Labute approximate surface area is 114 Å². The number of hydrogen-bond donors (Lipinski definition) is 2. The minimum absolute atomic E-state index is 0.0438. The first-order valence-electron chi connectivity index (χ1n) is 6.40. The number of anilines is 2. The van der Waals surface area contributed by atoms with Gasteiger partial charge in [0, 0.05) is 19.7 Å². The van der Waals surface area contributed by atoms with Gasteiger partial charge in [0.1, 0.15) is 5.75 Å². The number of hydrogen-bond acceptors (Lipinski definition) is 3. The summed E-state index contributed by atoms with van der Waals surface area (Å²) in [6.45, 7) is 2.04. The molecule has 0 aliphatic heterocycles. The molecule has 0 spiro atoms. The Balaban J connectivity index is 2.24. The van der Waals surface area contributed by atoms with Crippen LogP contribution >= 0.6 is 0 Å². The molecule has 0 heterocycles. The van der Waals surface area contributed by atoms with Gasteiger partial charge in [0.25, 0.3) is 0 Å². The molecule has 2 rings (SSSR count). The van der Waals surface area contributed by atoms with Crippen molar-refractivity contribution in [3.63, 3.8) is 0 Å². The third-order valence-corrected chi connectivity index (χ3v) is 3.16. The van der Waals surface area contributed by atoms with Gasteiger partial charge in [-0.2, -0.15) is 0 Å². The number of aromatic hydroxyl groups is 1. The number of phenols is 1. The molecule has 0 saturated carbocycles. The van der Waals surface area contributed by atoms with Crippen LogP contribution in [0.3, 0.4) is 0 Å². The molecule has 19 heavy (non-hydrogen) atoms. The van der Waals surface area contributed by atoms with Crippen LogP contribution < -0.4 is 10.2 Å². The SMILES string of the molecule is CC(Nc1ccccc1N(C)C)c1ccccc1O. The van der Waals surface area contributed by atoms with E-state index >= 15 is 0 Å². The molecule has 0 bridgehead atoms. The Morgan fingerprint density at radius 3 is 2.32 bits per heavy atom. The third kappa shape index (κ3) is 2.99. The van der Waals surface area contributed by atoms with Crippen molar-refractivity contribution in [3.8, 4) is 5.75 Å². The second kappa shape index (κ2) is 5.65. The molecule has 0 amide bonds. The molecule has 3 heteroatoms. The number of nitrogens with one attached hydrogen (secondary N) is 1. The molecule has 0 aliphatic carbocycles. The topological polar surface area (TPSA) is 35.5 Å². The summed E-state index contributed by atoms with van der Waals surface area (Å²) in [7, 11) is 4.04. The summed E-state index contributed by atoms with van der Waals surface area (Å²) in [6, 6.07) is 15.6. The lowest BCUT2D eigenvalue weighted by atomic mass is 10.1. The molecule has 1 unspecified atom stereocenters. The van der Waals surface area contributed by atoms with Gasteiger partial charge in [0.15, 0.2) is 0 Å². The zero-order valence-corrected chi connectivity index (χ0v) is 11.6. The van der Waals surface area contributed by atoms with Crippen molar-refractivity contribution in [2.45, 2.75) is 13.0 Å². The standard InChI is InChI=1S/C16H20N2O/c1-12(13-8-4-7-11-16(13)19)17-14-9-5-6-10-15(14)18(2)3/h4-12,17,19H,1-3H3. The number of benzene rings is 2. The summed E-state index contributed by atoms with van der Waals surface area (Å²) >= 11 is 0. The smallest absolute Gasteiger partial charge is 0.120 e. The molecule has 0 fully saturated rings. The van der Waals surface area contributed by atoms with Crippen molar-refractivity contribution in [3.05, 3.63) is 54.1 Å². The molecule has 0 saturated heterocycles. The molecule has 0 aromatic heterocycles. The Morgan fingerprint density at radius 1 is 1.00 bits per heavy atom. The van der Waals surface area contributed by atoms with Crippen LogP contribution in [0.2, 0.25) is 0 Å². The van der Waals surface area contributed by atoms with Crippen LogP contribution in [0.5, 0.6) is 5.75 Å². The van der Waals surface area contributed by atoms with Crippen LogP contribution in [0.1, 0.15) is 18.5 Å². The second-order valence-corrected chi connectivity index (χ2v) is 4.84. The van der Waals surface area contributed by atoms with Gasteiger partial charge in [0.2, 0.25) is 0 Å². The van der Waals surface area contributed by atoms with Crippen LogP contribution in [0, 0.1) is 0 Å². The van der Waals surface area contributed by atoms with E-state index in [1.165, 1.54) is 0 Å². The molecular formula is C16H20N2O. The maximum atomic E-state index is 9.89. The van der Waals surface area contributed by atoms with Crippen LogP contribution in [0.4, 0.5) is 11.4 Å². The first kappa shape index (κ1) is 13.3. The summed E-state index contributed by atoms with van der Waals surface area (Å²) < 4.78 is 0. The molecule has 100 valence electrons. The van der Waals surface area contributed by atoms with E-state index in [0.717, 1.165) is 16.9 Å². The van der Waals surface area contributed by atoms with Gasteiger partial charge in [-0.1, -0.05) is 30.3 Å². The van der Waals surface area contributed by atoms with E-state index in [1.807, 2.05) is 57.4 Å². The highest BCUT2D eigenvalue weighted by molar-refractivity contribution is 5.70. The van der Waals surface area contributed by atoms with Crippen molar-refractivity contribution in [1.29, 1.82) is 0 Å². The van der Waals surface area contributed by atoms with Crippen LogP contribution in [-0.2, 0) is 0 Å². The lowest BCUT2D eigenvalue weighted by molar-refractivity contribution is 0.465. The van der Waals surface area contributed by atoms with E-state index in [9.17, 15) is 5.11 Å². The van der Waals surface area contributed by atoms with E-state index in [-0.39, 0.29) is 6.04 Å². The molecule has 1 atom stereocenters. The number of rotatable bonds is 4. The molecule has 2 aromatic carbocycles. The zero-order valence-electron chi connectivity index (χ0n) is 11.6. The average Bonchev–Trinajstić information content (AvgIpc) is 2.39. The largest absolute Gasteiger partial charge is 0.508 e. The lowest BCUT2D eigenvalue weighted by Gasteiger charge is -2.22. The van der Waals surface area contributed by atoms with E-state index in [1.54, 1.807) is 6.07 Å². The van der Waals surface area contributed by atoms with Crippen molar-refractivity contribution < 1.29 is 5.11 Å². The normalized spacial score (nSPS) is 11.9. The average molecular weight is 256 g/mol. The summed E-state index contributed by atoms with van der Waals surface area (Å²) in [6.07, 6.45) is 0. The molecule has 2 N–H and O–H groups in total. The Morgan fingerprint density at radius 2 is 1.63 bits per heavy atom. The van der Waals surface area contributed by atoms with Crippen molar-refractivity contribution >= 4 is 11.4 Å². The minimum Gasteiger partial charge on any atom is -0.508 e. The maximum Gasteiger partial charge on any atom is 0.120 e. The quantitative estimate of drug-likeness (QED) is 0.876. The molecule has 3 nitrogen and oxygen atoms in total. The lowest BCUT2D eigenvalue weighted by Crippen LogP contribution is -2.14. The maximum absolute atomic E-state index is 9.89. The van der Waals surface area contributed by atoms with E-state index in [0.29, 0.717) is 5.75 Å². The van der Waals surface area contributed by atoms with Crippen molar-refractivity contribution in [2.24, 2.45) is 0 Å². The number of para-hydroxylation sites is 3. The van der Waals surface area contributed by atoms with E-state index < -0.39 is 0 Å². The predicted octanol–water partition coefficient (Wildman–Crippen LogP) is 3.63. The van der Waals surface area contributed by atoms with Gasteiger partial charge in [-0.15, -0.1) is 0 Å². The Bertz CT molecular complexity index is 552. The Kier molecular flexibility index (Phi) is 3.95. The molecular weight excluding hydrogens is 236 g/mol. The second-order valence-electron chi connectivity index (χ2n) is 4.84. The van der Waals surface area contributed by atoms with E-state index in [4.69, 9.17) is 0 Å². The van der Waals surface area contributed by atoms with E-state index in [2.05, 4.69) is 16.3 Å². The molecule has 2 aromatic rings. The fraction of sp³-hybridized carbons (Fsp3) is 0.250. The molecule has 0 radical (unpaired) electrons. The first-order chi connectivity index (χ1) is 9.09. The van der Waals surface area contributed by atoms with Crippen molar-refractivity contribution in [1.82, 2.24) is 0 Å². The van der Waals surface area contributed by atoms with Gasteiger partial charge < -0.3 is 15.3 Å². The summed E-state index contributed by atoms with van der Waals surface area (Å²) in [5, 5.41) is 13.3. The number of phenolic OH excluding ortho intramolecular Hbond substituents is 1. The third-order valence-electron chi connectivity index (χ3n) is 3.16. The van der Waals surface area contributed by atoms with Gasteiger partial charge in [0.05, 0.1) is 17.4 Å². The highest BCUT2D eigenvalue weighted by Crippen LogP contribution is 2.30. The summed E-state index contributed by atoms with van der Waals surface area (Å²) in [5.41, 5.74) is 3.09. The Hall–Kier alpha value is -2.16. The summed E-state index contributed by atoms with van der Waals surface area (Å²) in [5.74, 6) is 0.324. The van der Waals surface area contributed by atoms with Crippen LogP contribution in [-0.4, -0.2) is 19.2 Å². The van der Waals surface area contributed by atoms with Gasteiger partial charge in [-0.25, -0.2) is 0 Å². The van der Waals surface area contributed by atoms with Crippen molar-refractivity contribution in [2.75, 3.05) is 24.3 Å². The van der Waals surface area contributed by atoms with Crippen LogP contribution in [0.25, 0.3) is 0 Å².